The zero-order valence-corrected chi connectivity index (χ0v) is 9.68. The first-order valence-electron chi connectivity index (χ1n) is 4.50. The third-order valence-corrected chi connectivity index (χ3v) is 2.08. The summed E-state index contributed by atoms with van der Waals surface area (Å²) < 4.78 is 4.57. The van der Waals surface area contributed by atoms with Crippen LogP contribution in [0.1, 0.15) is 29.8 Å². The molecule has 0 bridgehead atoms. The summed E-state index contributed by atoms with van der Waals surface area (Å²) in [7, 11) is 1.35. The van der Waals surface area contributed by atoms with Gasteiger partial charge in [0, 0.05) is 5.02 Å². The Morgan fingerprint density at radius 3 is 2.43 bits per heavy atom. The van der Waals surface area contributed by atoms with Crippen molar-refractivity contribution in [1.82, 2.24) is 0 Å². The predicted octanol–water partition coefficient (Wildman–Crippen LogP) is 3.46. The number of hydrogen-bond acceptors (Lipinski definition) is 2. The van der Waals surface area contributed by atoms with E-state index in [1.807, 2.05) is 13.8 Å². The monoisotopic (exact) mass is 214 g/mol. The molecule has 0 aromatic heterocycles. The van der Waals surface area contributed by atoms with Gasteiger partial charge in [0.25, 0.3) is 0 Å². The highest BCUT2D eigenvalue weighted by molar-refractivity contribution is 6.31. The van der Waals surface area contributed by atoms with Crippen molar-refractivity contribution >= 4 is 17.6 Å². The number of benzene rings is 1. The van der Waals surface area contributed by atoms with Crippen molar-refractivity contribution in [3.63, 3.8) is 0 Å². The lowest BCUT2D eigenvalue weighted by Crippen LogP contribution is -2.03. The van der Waals surface area contributed by atoms with Gasteiger partial charge in [-0.2, -0.15) is 0 Å². The van der Waals surface area contributed by atoms with Gasteiger partial charge in [0.1, 0.15) is 0 Å². The quantitative estimate of drug-likeness (QED) is 0.670. The summed E-state index contributed by atoms with van der Waals surface area (Å²) >= 11 is 5.81. The molecule has 1 aromatic carbocycles. The highest BCUT2D eigenvalue weighted by Crippen LogP contribution is 2.18. The summed E-state index contributed by atoms with van der Waals surface area (Å²) in [5.41, 5.74) is 1.27. The van der Waals surface area contributed by atoms with E-state index in [1.165, 1.54) is 7.11 Å². The smallest absolute Gasteiger partial charge is 0.338 e. The van der Waals surface area contributed by atoms with Crippen molar-refractivity contribution in [2.45, 2.75) is 20.8 Å². The number of carbonyl (C=O) groups excluding carboxylic acids is 1. The van der Waals surface area contributed by atoms with Crippen molar-refractivity contribution in [3.8, 4) is 0 Å². The highest BCUT2D eigenvalue weighted by Gasteiger charge is 2.09. The van der Waals surface area contributed by atoms with Crippen LogP contribution >= 0.6 is 11.6 Å². The van der Waals surface area contributed by atoms with Gasteiger partial charge in [0.2, 0.25) is 0 Å². The molecule has 0 aliphatic carbocycles. The van der Waals surface area contributed by atoms with Crippen LogP contribution in [0, 0.1) is 6.92 Å². The number of halogens is 1. The molecule has 3 heteroatoms. The lowest BCUT2D eigenvalue weighted by molar-refractivity contribution is 0.0600. The van der Waals surface area contributed by atoms with Crippen LogP contribution in [0.2, 0.25) is 5.02 Å². The van der Waals surface area contributed by atoms with Crippen LogP contribution in [0.4, 0.5) is 0 Å². The Morgan fingerprint density at radius 1 is 1.36 bits per heavy atom. The Kier molecular flexibility index (Phi) is 5.97. The lowest BCUT2D eigenvalue weighted by Gasteiger charge is -2.03. The van der Waals surface area contributed by atoms with Gasteiger partial charge in [-0.05, 0) is 24.6 Å². The topological polar surface area (TPSA) is 26.3 Å². The minimum absolute atomic E-state index is 0.352. The maximum absolute atomic E-state index is 11.1. The molecule has 14 heavy (non-hydrogen) atoms. The SMILES string of the molecule is CC.COC(=O)c1cccc(Cl)c1C. The van der Waals surface area contributed by atoms with Crippen LogP contribution in [0.3, 0.4) is 0 Å². The number of hydrogen-bond donors (Lipinski definition) is 0. The predicted molar refractivity (Wildman–Crippen MR) is 58.9 cm³/mol. The van der Waals surface area contributed by atoms with Crippen molar-refractivity contribution in [1.29, 1.82) is 0 Å². The zero-order chi connectivity index (χ0) is 11.1. The first-order chi connectivity index (χ1) is 6.66. The molecule has 0 aliphatic rings. The average molecular weight is 215 g/mol. The molecule has 0 heterocycles. The molecule has 0 saturated heterocycles. The number of ether oxygens (including phenoxy) is 1. The van der Waals surface area contributed by atoms with Gasteiger partial charge < -0.3 is 4.74 Å². The van der Waals surface area contributed by atoms with Crippen LogP contribution in [-0.2, 0) is 4.74 Å². The Balaban J connectivity index is 0.000000791. The normalized spacial score (nSPS) is 8.64. The van der Waals surface area contributed by atoms with Crippen molar-refractivity contribution in [3.05, 3.63) is 34.3 Å². The maximum Gasteiger partial charge on any atom is 0.338 e. The van der Waals surface area contributed by atoms with E-state index in [2.05, 4.69) is 4.74 Å². The van der Waals surface area contributed by atoms with Gasteiger partial charge >= 0.3 is 5.97 Å². The van der Waals surface area contributed by atoms with Crippen LogP contribution in [0.25, 0.3) is 0 Å². The molecule has 0 radical (unpaired) electrons. The van der Waals surface area contributed by atoms with E-state index in [1.54, 1.807) is 25.1 Å². The Bertz CT molecular complexity index is 308. The molecular weight excluding hydrogens is 200 g/mol. The van der Waals surface area contributed by atoms with E-state index in [4.69, 9.17) is 11.6 Å². The minimum Gasteiger partial charge on any atom is -0.465 e. The number of carbonyl (C=O) groups is 1. The standard InChI is InChI=1S/C9H9ClO2.C2H6/c1-6-7(9(11)12-2)4-3-5-8(6)10;1-2/h3-5H,1-2H3;1-2H3. The molecule has 0 amide bonds. The van der Waals surface area contributed by atoms with Gasteiger partial charge in [-0.25, -0.2) is 4.79 Å². The van der Waals surface area contributed by atoms with Crippen LogP contribution < -0.4 is 0 Å². The largest absolute Gasteiger partial charge is 0.465 e. The Morgan fingerprint density at radius 2 is 1.93 bits per heavy atom. The molecule has 2 nitrogen and oxygen atoms in total. The van der Waals surface area contributed by atoms with E-state index >= 15 is 0 Å². The van der Waals surface area contributed by atoms with E-state index in [0.29, 0.717) is 10.6 Å². The second-order valence-electron chi connectivity index (χ2n) is 2.40. The van der Waals surface area contributed by atoms with Crippen LogP contribution in [-0.4, -0.2) is 13.1 Å². The van der Waals surface area contributed by atoms with Gasteiger partial charge in [-0.15, -0.1) is 0 Å². The van der Waals surface area contributed by atoms with Gasteiger partial charge in [0.15, 0.2) is 0 Å². The lowest BCUT2D eigenvalue weighted by atomic mass is 10.1. The molecule has 0 fully saturated rings. The van der Waals surface area contributed by atoms with E-state index < -0.39 is 0 Å². The molecule has 0 atom stereocenters. The maximum atomic E-state index is 11.1. The molecular formula is C11H15ClO2. The molecule has 0 N–H and O–H groups in total. The van der Waals surface area contributed by atoms with Gasteiger partial charge in [-0.3, -0.25) is 0 Å². The fourth-order valence-corrected chi connectivity index (χ4v) is 1.11. The second kappa shape index (κ2) is 6.44. The average Bonchev–Trinajstić information content (AvgIpc) is 2.24. The number of esters is 1. The van der Waals surface area contributed by atoms with Crippen molar-refractivity contribution in [2.24, 2.45) is 0 Å². The molecule has 0 unspecified atom stereocenters. The summed E-state index contributed by atoms with van der Waals surface area (Å²) in [5, 5.41) is 0.581. The first kappa shape index (κ1) is 13.0. The number of methoxy groups -OCH3 is 1. The van der Waals surface area contributed by atoms with Gasteiger partial charge in [-0.1, -0.05) is 31.5 Å². The summed E-state index contributed by atoms with van der Waals surface area (Å²) in [5.74, 6) is -0.352. The summed E-state index contributed by atoms with van der Waals surface area (Å²) in [4.78, 5) is 11.1. The van der Waals surface area contributed by atoms with Gasteiger partial charge in [0.05, 0.1) is 12.7 Å². The van der Waals surface area contributed by atoms with E-state index in [0.717, 1.165) is 5.56 Å². The minimum atomic E-state index is -0.352. The fourth-order valence-electron chi connectivity index (χ4n) is 0.939. The molecule has 0 aliphatic heterocycles. The highest BCUT2D eigenvalue weighted by atomic mass is 35.5. The van der Waals surface area contributed by atoms with Crippen LogP contribution in [0.5, 0.6) is 0 Å². The summed E-state index contributed by atoms with van der Waals surface area (Å²) in [6, 6.07) is 5.15. The van der Waals surface area contributed by atoms with Crippen LogP contribution in [0.15, 0.2) is 18.2 Å². The van der Waals surface area contributed by atoms with E-state index in [9.17, 15) is 4.79 Å². The molecule has 78 valence electrons. The Hall–Kier alpha value is -1.02. The first-order valence-corrected chi connectivity index (χ1v) is 4.88. The molecule has 0 spiro atoms. The second-order valence-corrected chi connectivity index (χ2v) is 2.81. The fraction of sp³-hybridized carbons (Fsp3) is 0.364. The third kappa shape index (κ3) is 3.04. The summed E-state index contributed by atoms with van der Waals surface area (Å²) in [6.45, 7) is 5.79. The number of rotatable bonds is 1. The van der Waals surface area contributed by atoms with Crippen molar-refractivity contribution in [2.75, 3.05) is 7.11 Å². The third-order valence-electron chi connectivity index (χ3n) is 1.67. The van der Waals surface area contributed by atoms with E-state index in [-0.39, 0.29) is 5.97 Å². The molecule has 1 rings (SSSR count). The Labute approximate surface area is 89.8 Å². The van der Waals surface area contributed by atoms with Crippen molar-refractivity contribution < 1.29 is 9.53 Å². The molecule has 0 saturated carbocycles. The molecule has 1 aromatic rings. The summed E-state index contributed by atoms with van der Waals surface area (Å²) in [6.07, 6.45) is 0. The zero-order valence-electron chi connectivity index (χ0n) is 8.93.